The molecule has 1 aliphatic heterocycles. The fourth-order valence-corrected chi connectivity index (χ4v) is 2.63. The second-order valence-corrected chi connectivity index (χ2v) is 5.22. The van der Waals surface area contributed by atoms with Gasteiger partial charge in [0, 0.05) is 11.1 Å². The molecule has 2 nitrogen and oxygen atoms in total. The van der Waals surface area contributed by atoms with Gasteiger partial charge in [-0.25, -0.2) is 0 Å². The van der Waals surface area contributed by atoms with Gasteiger partial charge in [0.2, 0.25) is 0 Å². The molecular weight excluding hydrogens is 234 g/mol. The molecule has 0 aliphatic carbocycles. The van der Waals surface area contributed by atoms with Crippen LogP contribution >= 0.6 is 11.6 Å². The number of nitrogens with one attached hydrogen (secondary N) is 1. The van der Waals surface area contributed by atoms with Crippen LogP contribution in [0.15, 0.2) is 18.2 Å². The van der Waals surface area contributed by atoms with Gasteiger partial charge in [-0.1, -0.05) is 18.5 Å². The average Bonchev–Trinajstić information content (AvgIpc) is 2.28. The highest BCUT2D eigenvalue weighted by Gasteiger charge is 2.21. The van der Waals surface area contributed by atoms with Crippen molar-refractivity contribution in [3.8, 4) is 5.75 Å². The van der Waals surface area contributed by atoms with Gasteiger partial charge in [0.25, 0.3) is 0 Å². The summed E-state index contributed by atoms with van der Waals surface area (Å²) in [5.74, 6) is 0.900. The van der Waals surface area contributed by atoms with Crippen LogP contribution in [0.5, 0.6) is 5.75 Å². The van der Waals surface area contributed by atoms with Crippen molar-refractivity contribution in [2.24, 2.45) is 0 Å². The number of rotatable bonds is 3. The van der Waals surface area contributed by atoms with Crippen LogP contribution in [0, 0.1) is 6.92 Å². The number of aryl methyl sites for hydroxylation is 1. The standard InChI is InChI=1S/C14H20ClNO/c1-3-12-9-13(4-5-16-12)17-14-7-10(2)6-11(15)8-14/h6-8,12-13,16H,3-5,9H2,1-2H3/t12-,13?/m0/s1. The predicted octanol–water partition coefficient (Wildman–Crippen LogP) is 3.56. The van der Waals surface area contributed by atoms with Crippen LogP contribution in [0.3, 0.4) is 0 Å². The van der Waals surface area contributed by atoms with Crippen LogP contribution < -0.4 is 10.1 Å². The molecule has 0 bridgehead atoms. The Morgan fingerprint density at radius 2 is 2.24 bits per heavy atom. The summed E-state index contributed by atoms with van der Waals surface area (Å²) in [4.78, 5) is 0. The zero-order valence-electron chi connectivity index (χ0n) is 10.5. The van der Waals surface area contributed by atoms with Gasteiger partial charge in [-0.15, -0.1) is 0 Å². The maximum Gasteiger partial charge on any atom is 0.121 e. The summed E-state index contributed by atoms with van der Waals surface area (Å²) < 4.78 is 6.02. The summed E-state index contributed by atoms with van der Waals surface area (Å²) in [6, 6.07) is 6.49. The summed E-state index contributed by atoms with van der Waals surface area (Å²) in [5, 5.41) is 4.25. The zero-order chi connectivity index (χ0) is 12.3. The Kier molecular flexibility index (Phi) is 4.30. The molecule has 1 saturated heterocycles. The molecule has 1 aromatic carbocycles. The van der Waals surface area contributed by atoms with E-state index in [2.05, 4.69) is 18.3 Å². The highest BCUT2D eigenvalue weighted by atomic mass is 35.5. The Hall–Kier alpha value is -0.730. The molecule has 2 atom stereocenters. The van der Waals surface area contributed by atoms with E-state index in [1.54, 1.807) is 0 Å². The lowest BCUT2D eigenvalue weighted by atomic mass is 10.00. The smallest absolute Gasteiger partial charge is 0.121 e. The molecule has 2 rings (SSSR count). The molecule has 1 unspecified atom stereocenters. The first-order chi connectivity index (χ1) is 8.17. The van der Waals surface area contributed by atoms with Crippen molar-refractivity contribution >= 4 is 11.6 Å². The summed E-state index contributed by atoms with van der Waals surface area (Å²) in [7, 11) is 0. The molecule has 1 N–H and O–H groups in total. The Bertz CT molecular complexity index is 360. The van der Waals surface area contributed by atoms with Crippen molar-refractivity contribution in [1.82, 2.24) is 5.32 Å². The van der Waals surface area contributed by atoms with E-state index in [1.165, 1.54) is 0 Å². The van der Waals surface area contributed by atoms with Gasteiger partial charge < -0.3 is 10.1 Å². The zero-order valence-corrected chi connectivity index (χ0v) is 11.3. The quantitative estimate of drug-likeness (QED) is 0.890. The molecule has 0 saturated carbocycles. The van der Waals surface area contributed by atoms with Gasteiger partial charge in [0.05, 0.1) is 0 Å². The fraction of sp³-hybridized carbons (Fsp3) is 0.571. The first kappa shape index (κ1) is 12.7. The van der Waals surface area contributed by atoms with Gasteiger partial charge >= 0.3 is 0 Å². The second-order valence-electron chi connectivity index (χ2n) is 4.79. The van der Waals surface area contributed by atoms with Gasteiger partial charge in [-0.2, -0.15) is 0 Å². The summed E-state index contributed by atoms with van der Waals surface area (Å²) in [6.07, 6.45) is 3.64. The monoisotopic (exact) mass is 253 g/mol. The Morgan fingerprint density at radius 3 is 2.94 bits per heavy atom. The van der Waals surface area contributed by atoms with E-state index in [9.17, 15) is 0 Å². The van der Waals surface area contributed by atoms with Crippen LogP contribution in [0.2, 0.25) is 5.02 Å². The maximum absolute atomic E-state index is 6.03. The number of halogens is 1. The van der Waals surface area contributed by atoms with Crippen molar-refractivity contribution in [1.29, 1.82) is 0 Å². The normalized spacial score (nSPS) is 24.6. The minimum absolute atomic E-state index is 0.319. The number of ether oxygens (including phenoxy) is 1. The predicted molar refractivity (Wildman–Crippen MR) is 71.9 cm³/mol. The Morgan fingerprint density at radius 1 is 1.41 bits per heavy atom. The molecule has 3 heteroatoms. The molecule has 0 spiro atoms. The third-order valence-electron chi connectivity index (χ3n) is 3.26. The molecule has 1 aliphatic rings. The van der Waals surface area contributed by atoms with Gasteiger partial charge in [-0.3, -0.25) is 0 Å². The molecular formula is C14H20ClNO. The van der Waals surface area contributed by atoms with E-state index < -0.39 is 0 Å². The van der Waals surface area contributed by atoms with Crippen molar-refractivity contribution in [2.45, 2.75) is 45.3 Å². The highest BCUT2D eigenvalue weighted by molar-refractivity contribution is 6.30. The second kappa shape index (κ2) is 5.74. The SMILES string of the molecule is CC[C@H]1CC(Oc2cc(C)cc(Cl)c2)CCN1. The van der Waals surface area contributed by atoms with Crippen LogP contribution in [0.1, 0.15) is 31.7 Å². The van der Waals surface area contributed by atoms with Crippen molar-refractivity contribution in [2.75, 3.05) is 6.54 Å². The topological polar surface area (TPSA) is 21.3 Å². The van der Waals surface area contributed by atoms with E-state index in [-0.39, 0.29) is 0 Å². The lowest BCUT2D eigenvalue weighted by Gasteiger charge is -2.30. The number of piperidine rings is 1. The molecule has 1 heterocycles. The fourth-order valence-electron chi connectivity index (χ4n) is 2.35. The Balaban J connectivity index is 2.00. The van der Waals surface area contributed by atoms with Crippen LogP contribution in [0.4, 0.5) is 0 Å². The van der Waals surface area contributed by atoms with Crippen molar-refractivity contribution in [3.63, 3.8) is 0 Å². The molecule has 17 heavy (non-hydrogen) atoms. The summed E-state index contributed by atoms with van der Waals surface area (Å²) in [5.41, 5.74) is 1.15. The molecule has 0 aromatic heterocycles. The molecule has 94 valence electrons. The molecule has 0 amide bonds. The Labute approximate surface area is 108 Å². The number of hydrogen-bond donors (Lipinski definition) is 1. The highest BCUT2D eigenvalue weighted by Crippen LogP contribution is 2.24. The first-order valence-electron chi connectivity index (χ1n) is 6.34. The summed E-state index contributed by atoms with van der Waals surface area (Å²) in [6.45, 7) is 5.29. The first-order valence-corrected chi connectivity index (χ1v) is 6.72. The van der Waals surface area contributed by atoms with E-state index >= 15 is 0 Å². The van der Waals surface area contributed by atoms with Crippen molar-refractivity contribution < 1.29 is 4.74 Å². The largest absolute Gasteiger partial charge is 0.490 e. The van der Waals surface area contributed by atoms with E-state index in [1.807, 2.05) is 19.1 Å². The molecule has 1 fully saturated rings. The minimum atomic E-state index is 0.319. The number of benzene rings is 1. The van der Waals surface area contributed by atoms with Gasteiger partial charge in [0.1, 0.15) is 11.9 Å². The maximum atomic E-state index is 6.03. The molecule has 0 radical (unpaired) electrons. The van der Waals surface area contributed by atoms with Crippen LogP contribution in [0.25, 0.3) is 0 Å². The molecule has 1 aromatic rings. The minimum Gasteiger partial charge on any atom is -0.490 e. The number of hydrogen-bond acceptors (Lipinski definition) is 2. The summed E-state index contributed by atoms with van der Waals surface area (Å²) >= 11 is 6.03. The third-order valence-corrected chi connectivity index (χ3v) is 3.48. The lowest BCUT2D eigenvalue weighted by molar-refractivity contribution is 0.138. The lowest BCUT2D eigenvalue weighted by Crippen LogP contribution is -2.41. The van der Waals surface area contributed by atoms with Gasteiger partial charge in [-0.05, 0) is 56.5 Å². The third kappa shape index (κ3) is 3.62. The van der Waals surface area contributed by atoms with Gasteiger partial charge in [0.15, 0.2) is 0 Å². The van der Waals surface area contributed by atoms with Crippen molar-refractivity contribution in [3.05, 3.63) is 28.8 Å². The van der Waals surface area contributed by atoms with Crippen LogP contribution in [-0.2, 0) is 0 Å². The van der Waals surface area contributed by atoms with E-state index in [4.69, 9.17) is 16.3 Å². The van der Waals surface area contributed by atoms with E-state index in [0.29, 0.717) is 12.1 Å². The average molecular weight is 254 g/mol. The van der Waals surface area contributed by atoms with E-state index in [0.717, 1.165) is 42.1 Å². The van der Waals surface area contributed by atoms with Crippen LogP contribution in [-0.4, -0.2) is 18.7 Å².